The molecule has 0 heterocycles. The third-order valence-electron chi connectivity index (χ3n) is 1.75. The van der Waals surface area contributed by atoms with Gasteiger partial charge in [0.1, 0.15) is 6.07 Å². The minimum absolute atomic E-state index is 0.00363. The molecule has 72 valence electrons. The summed E-state index contributed by atoms with van der Waals surface area (Å²) in [4.78, 5) is 11.1. The summed E-state index contributed by atoms with van der Waals surface area (Å²) < 4.78 is 0.866. The molecule has 0 fully saturated rings. The van der Waals surface area contributed by atoms with E-state index in [1.165, 1.54) is 0 Å². The summed E-state index contributed by atoms with van der Waals surface area (Å²) in [7, 11) is 0. The van der Waals surface area contributed by atoms with Crippen LogP contribution in [0.4, 0.5) is 0 Å². The third kappa shape index (κ3) is 2.69. The number of halogens is 2. The van der Waals surface area contributed by atoms with Crippen molar-refractivity contribution in [2.75, 3.05) is 5.88 Å². The first-order chi connectivity index (χ1) is 6.69. The number of carbonyl (C=O) groups excluding carboxylic acids is 1. The van der Waals surface area contributed by atoms with Crippen LogP contribution in [-0.2, 0) is 11.2 Å². The molecule has 0 bridgehead atoms. The van der Waals surface area contributed by atoms with Crippen molar-refractivity contribution in [3.05, 3.63) is 32.9 Å². The highest BCUT2D eigenvalue weighted by atomic mass is 127. The van der Waals surface area contributed by atoms with Gasteiger partial charge in [-0.25, -0.2) is 0 Å². The fourth-order valence-electron chi connectivity index (χ4n) is 1.10. The van der Waals surface area contributed by atoms with Crippen molar-refractivity contribution < 1.29 is 4.79 Å². The Hall–Kier alpha value is -0.600. The van der Waals surface area contributed by atoms with Crippen LogP contribution in [0.1, 0.15) is 11.1 Å². The summed E-state index contributed by atoms with van der Waals surface area (Å²) in [6.07, 6.45) is 0.239. The van der Waals surface area contributed by atoms with Crippen molar-refractivity contribution in [3.63, 3.8) is 0 Å². The van der Waals surface area contributed by atoms with Crippen molar-refractivity contribution >= 4 is 40.0 Å². The van der Waals surface area contributed by atoms with Gasteiger partial charge in [0.2, 0.25) is 0 Å². The lowest BCUT2D eigenvalue weighted by molar-refractivity contribution is -0.116. The van der Waals surface area contributed by atoms with Crippen LogP contribution in [0.15, 0.2) is 18.2 Å². The van der Waals surface area contributed by atoms with E-state index in [-0.39, 0.29) is 18.1 Å². The molecule has 4 heteroatoms. The summed E-state index contributed by atoms with van der Waals surface area (Å²) in [5.41, 5.74) is 1.33. The third-order valence-corrected chi connectivity index (χ3v) is 2.95. The molecule has 0 aliphatic rings. The van der Waals surface area contributed by atoms with Crippen molar-refractivity contribution in [2.45, 2.75) is 6.42 Å². The van der Waals surface area contributed by atoms with Crippen LogP contribution in [0, 0.1) is 14.9 Å². The summed E-state index contributed by atoms with van der Waals surface area (Å²) in [5, 5.41) is 8.89. The van der Waals surface area contributed by atoms with Gasteiger partial charge in [0.05, 0.1) is 11.4 Å². The van der Waals surface area contributed by atoms with Crippen LogP contribution in [0.2, 0.25) is 0 Å². The van der Waals surface area contributed by atoms with Gasteiger partial charge in [0, 0.05) is 9.99 Å². The molecular weight excluding hydrogens is 312 g/mol. The van der Waals surface area contributed by atoms with Gasteiger partial charge in [-0.1, -0.05) is 12.1 Å². The van der Waals surface area contributed by atoms with E-state index in [4.69, 9.17) is 16.9 Å². The number of ketones is 1. The Morgan fingerprint density at radius 2 is 2.29 bits per heavy atom. The van der Waals surface area contributed by atoms with Crippen molar-refractivity contribution in [1.82, 2.24) is 0 Å². The molecule has 0 spiro atoms. The van der Waals surface area contributed by atoms with Gasteiger partial charge in [-0.3, -0.25) is 4.79 Å². The second-order valence-corrected chi connectivity index (χ2v) is 4.16. The first-order valence-electron chi connectivity index (χ1n) is 3.94. The summed E-state index contributed by atoms with van der Waals surface area (Å²) in [5.74, 6) is -0.0683. The zero-order valence-electron chi connectivity index (χ0n) is 7.26. The Kier molecular flexibility index (Phi) is 4.36. The number of nitriles is 1. The molecule has 1 rings (SSSR count). The van der Waals surface area contributed by atoms with Gasteiger partial charge < -0.3 is 0 Å². The molecule has 14 heavy (non-hydrogen) atoms. The second-order valence-electron chi connectivity index (χ2n) is 2.73. The van der Waals surface area contributed by atoms with Crippen LogP contribution < -0.4 is 0 Å². The largest absolute Gasteiger partial charge is 0.298 e. The number of carbonyl (C=O) groups is 1. The molecule has 1 aromatic rings. The molecule has 0 radical (unpaired) electrons. The molecule has 0 aromatic heterocycles. The van der Waals surface area contributed by atoms with Gasteiger partial charge in [0.15, 0.2) is 5.78 Å². The van der Waals surface area contributed by atoms with E-state index < -0.39 is 0 Å². The van der Waals surface area contributed by atoms with Crippen LogP contribution in [-0.4, -0.2) is 11.7 Å². The number of hydrogen-bond donors (Lipinski definition) is 0. The molecule has 0 N–H and O–H groups in total. The fourth-order valence-corrected chi connectivity index (χ4v) is 1.87. The average Bonchev–Trinajstić information content (AvgIpc) is 2.18. The highest BCUT2D eigenvalue weighted by molar-refractivity contribution is 14.1. The van der Waals surface area contributed by atoms with E-state index >= 15 is 0 Å². The summed E-state index contributed by atoms with van der Waals surface area (Å²) in [6, 6.07) is 7.55. The SMILES string of the molecule is N#Cc1c(I)cccc1CC(=O)CCl. The van der Waals surface area contributed by atoms with Crippen LogP contribution in [0.3, 0.4) is 0 Å². The Balaban J connectivity index is 3.04. The van der Waals surface area contributed by atoms with Gasteiger partial charge in [-0.05, 0) is 34.2 Å². The number of alkyl halides is 1. The molecular formula is C10H7ClINO. The summed E-state index contributed by atoms with van der Waals surface area (Å²) in [6.45, 7) is 0. The first kappa shape index (κ1) is 11.5. The highest BCUT2D eigenvalue weighted by Crippen LogP contribution is 2.16. The molecule has 0 aliphatic carbocycles. The Labute approximate surface area is 101 Å². The number of Topliss-reactive ketones (excluding diaryl/α,β-unsaturated/α-hetero) is 1. The van der Waals surface area contributed by atoms with E-state index in [2.05, 4.69) is 28.7 Å². The Bertz CT molecular complexity index is 398. The maximum atomic E-state index is 11.1. The van der Waals surface area contributed by atoms with E-state index in [0.717, 1.165) is 9.13 Å². The summed E-state index contributed by atoms with van der Waals surface area (Å²) >= 11 is 7.48. The molecule has 1 aromatic carbocycles. The lowest BCUT2D eigenvalue weighted by atomic mass is 10.0. The van der Waals surface area contributed by atoms with Crippen LogP contribution >= 0.6 is 34.2 Å². The molecule has 0 saturated heterocycles. The Morgan fingerprint density at radius 3 is 2.86 bits per heavy atom. The van der Waals surface area contributed by atoms with Gasteiger partial charge in [0.25, 0.3) is 0 Å². The minimum Gasteiger partial charge on any atom is -0.298 e. The molecule has 0 atom stereocenters. The van der Waals surface area contributed by atoms with E-state index in [1.807, 2.05) is 12.1 Å². The van der Waals surface area contributed by atoms with Crippen molar-refractivity contribution in [2.24, 2.45) is 0 Å². The first-order valence-corrected chi connectivity index (χ1v) is 5.55. The number of benzene rings is 1. The minimum atomic E-state index is -0.0647. The smallest absolute Gasteiger partial charge is 0.151 e. The predicted octanol–water partition coefficient (Wildman–Crippen LogP) is 2.51. The van der Waals surface area contributed by atoms with E-state index in [0.29, 0.717) is 5.56 Å². The monoisotopic (exact) mass is 319 g/mol. The Morgan fingerprint density at radius 1 is 1.57 bits per heavy atom. The maximum absolute atomic E-state index is 11.1. The highest BCUT2D eigenvalue weighted by Gasteiger charge is 2.09. The number of rotatable bonds is 3. The normalized spacial score (nSPS) is 9.50. The maximum Gasteiger partial charge on any atom is 0.151 e. The van der Waals surface area contributed by atoms with Crippen molar-refractivity contribution in [1.29, 1.82) is 5.26 Å². The quantitative estimate of drug-likeness (QED) is 0.634. The molecule has 0 amide bonds. The number of nitrogens with zero attached hydrogens (tertiary/aromatic N) is 1. The zero-order chi connectivity index (χ0) is 10.6. The molecule has 0 aliphatic heterocycles. The van der Waals surface area contributed by atoms with Crippen LogP contribution in [0.25, 0.3) is 0 Å². The van der Waals surface area contributed by atoms with Gasteiger partial charge in [-0.2, -0.15) is 5.26 Å². The average molecular weight is 320 g/mol. The van der Waals surface area contributed by atoms with Gasteiger partial charge >= 0.3 is 0 Å². The number of hydrogen-bond acceptors (Lipinski definition) is 2. The van der Waals surface area contributed by atoms with E-state index in [9.17, 15) is 4.79 Å². The fraction of sp³-hybridized carbons (Fsp3) is 0.200. The van der Waals surface area contributed by atoms with E-state index in [1.54, 1.807) is 6.07 Å². The second kappa shape index (κ2) is 5.32. The molecule has 0 unspecified atom stereocenters. The standard InChI is InChI=1S/C10H7ClINO/c11-5-8(14)4-7-2-1-3-10(12)9(7)6-13/h1-3H,4-5H2. The lowest BCUT2D eigenvalue weighted by Gasteiger charge is -2.03. The predicted molar refractivity (Wildman–Crippen MR) is 63.3 cm³/mol. The molecule has 0 saturated carbocycles. The zero-order valence-corrected chi connectivity index (χ0v) is 10.2. The van der Waals surface area contributed by atoms with Gasteiger partial charge in [-0.15, -0.1) is 11.6 Å². The molecule has 2 nitrogen and oxygen atoms in total. The lowest BCUT2D eigenvalue weighted by Crippen LogP contribution is -2.06. The topological polar surface area (TPSA) is 40.9 Å². The van der Waals surface area contributed by atoms with Crippen LogP contribution in [0.5, 0.6) is 0 Å². The van der Waals surface area contributed by atoms with Crippen molar-refractivity contribution in [3.8, 4) is 6.07 Å².